The fourth-order valence-electron chi connectivity index (χ4n) is 3.58. The maximum absolute atomic E-state index is 12.6. The lowest BCUT2D eigenvalue weighted by atomic mass is 10.2. The molecule has 27 heavy (non-hydrogen) atoms. The molecule has 6 nitrogen and oxygen atoms in total. The maximum atomic E-state index is 12.6. The largest absolute Gasteiger partial charge is 0.497 e. The van der Waals surface area contributed by atoms with Crippen molar-refractivity contribution < 1.29 is 9.53 Å². The molecule has 2 aromatic carbocycles. The molecule has 1 aliphatic heterocycles. The summed E-state index contributed by atoms with van der Waals surface area (Å²) in [5.41, 5.74) is 2.25. The zero-order valence-electron chi connectivity index (χ0n) is 15.5. The molecule has 1 amide bonds. The van der Waals surface area contributed by atoms with E-state index in [-0.39, 0.29) is 5.91 Å². The molecule has 0 saturated carbocycles. The number of rotatable bonds is 5. The van der Waals surface area contributed by atoms with Gasteiger partial charge in [0.25, 0.3) is 0 Å². The van der Waals surface area contributed by atoms with Crippen LogP contribution < -0.4 is 9.64 Å². The van der Waals surface area contributed by atoms with E-state index < -0.39 is 0 Å². The van der Waals surface area contributed by atoms with Crippen molar-refractivity contribution in [1.29, 1.82) is 0 Å². The Kier molecular flexibility index (Phi) is 4.96. The van der Waals surface area contributed by atoms with Gasteiger partial charge in [0.15, 0.2) is 0 Å². The van der Waals surface area contributed by atoms with Gasteiger partial charge in [-0.1, -0.05) is 18.2 Å². The first-order chi connectivity index (χ1) is 13.2. The number of fused-ring (bicyclic) bond motifs is 1. The molecule has 3 aromatic rings. The molecular weight excluding hydrogens is 340 g/mol. The van der Waals surface area contributed by atoms with Crippen LogP contribution in [0.15, 0.2) is 54.7 Å². The molecule has 0 unspecified atom stereocenters. The van der Waals surface area contributed by atoms with Crippen molar-refractivity contribution in [1.82, 2.24) is 14.7 Å². The van der Waals surface area contributed by atoms with E-state index in [1.807, 2.05) is 40.0 Å². The maximum Gasteiger partial charge on any atom is 0.224 e. The number of hydrogen-bond donors (Lipinski definition) is 0. The Labute approximate surface area is 158 Å². The van der Waals surface area contributed by atoms with Crippen molar-refractivity contribution in [3.8, 4) is 5.75 Å². The smallest absolute Gasteiger partial charge is 0.224 e. The normalized spacial score (nSPS) is 14.6. The predicted octanol–water partition coefficient (Wildman–Crippen LogP) is 2.78. The Morgan fingerprint density at radius 2 is 1.85 bits per heavy atom. The molecule has 1 aliphatic rings. The van der Waals surface area contributed by atoms with Gasteiger partial charge in [-0.2, -0.15) is 5.10 Å². The highest BCUT2D eigenvalue weighted by Crippen LogP contribution is 2.21. The molecule has 0 N–H and O–H groups in total. The van der Waals surface area contributed by atoms with Crippen LogP contribution in [0.4, 0.5) is 5.69 Å². The number of aromatic nitrogens is 2. The highest BCUT2D eigenvalue weighted by Gasteiger charge is 2.21. The molecule has 140 valence electrons. The summed E-state index contributed by atoms with van der Waals surface area (Å²) in [6, 6.07) is 16.2. The third-order valence-electron chi connectivity index (χ3n) is 5.14. The van der Waals surface area contributed by atoms with E-state index >= 15 is 0 Å². The number of ether oxygens (including phenoxy) is 1. The average molecular weight is 364 g/mol. The summed E-state index contributed by atoms with van der Waals surface area (Å²) >= 11 is 0. The standard InChI is InChI=1S/C21H24N4O2/c1-27-19-7-8-20-17(15-19)16-22-25(20)10-9-21(26)24-13-11-23(12-14-24)18-5-3-2-4-6-18/h2-8,15-16H,9-14H2,1H3. The first-order valence-electron chi connectivity index (χ1n) is 9.32. The van der Waals surface area contributed by atoms with Crippen LogP contribution in [-0.2, 0) is 11.3 Å². The van der Waals surface area contributed by atoms with Crippen LogP contribution in [0.25, 0.3) is 10.9 Å². The molecule has 0 radical (unpaired) electrons. The summed E-state index contributed by atoms with van der Waals surface area (Å²) in [5, 5.41) is 5.45. The minimum absolute atomic E-state index is 0.194. The van der Waals surface area contributed by atoms with Crippen molar-refractivity contribution in [2.24, 2.45) is 0 Å². The van der Waals surface area contributed by atoms with Crippen molar-refractivity contribution in [3.63, 3.8) is 0 Å². The summed E-state index contributed by atoms with van der Waals surface area (Å²) < 4.78 is 7.14. The van der Waals surface area contributed by atoms with Gasteiger partial charge < -0.3 is 14.5 Å². The third kappa shape index (κ3) is 3.74. The summed E-state index contributed by atoms with van der Waals surface area (Å²) in [5.74, 6) is 1.01. The Hall–Kier alpha value is -3.02. The van der Waals surface area contributed by atoms with E-state index in [0.717, 1.165) is 42.8 Å². The number of aryl methyl sites for hydroxylation is 1. The van der Waals surface area contributed by atoms with Crippen molar-refractivity contribution >= 4 is 22.5 Å². The van der Waals surface area contributed by atoms with Gasteiger partial charge >= 0.3 is 0 Å². The fraction of sp³-hybridized carbons (Fsp3) is 0.333. The molecular formula is C21H24N4O2. The average Bonchev–Trinajstić information content (AvgIpc) is 3.15. The Morgan fingerprint density at radius 1 is 1.07 bits per heavy atom. The number of nitrogens with zero attached hydrogens (tertiary/aromatic N) is 4. The summed E-state index contributed by atoms with van der Waals surface area (Å²) in [4.78, 5) is 16.9. The molecule has 4 rings (SSSR count). The SMILES string of the molecule is COc1ccc2c(cnn2CCC(=O)N2CCN(c3ccccc3)CC2)c1. The number of benzene rings is 2. The van der Waals surface area contributed by atoms with Crippen LogP contribution in [-0.4, -0.2) is 53.9 Å². The van der Waals surface area contributed by atoms with Crippen LogP contribution in [0.2, 0.25) is 0 Å². The highest BCUT2D eigenvalue weighted by atomic mass is 16.5. The zero-order valence-corrected chi connectivity index (χ0v) is 15.5. The molecule has 0 spiro atoms. The molecule has 2 heterocycles. The second kappa shape index (κ2) is 7.70. The quantitative estimate of drug-likeness (QED) is 0.699. The highest BCUT2D eigenvalue weighted by molar-refractivity contribution is 5.81. The van der Waals surface area contributed by atoms with Gasteiger partial charge in [0.05, 0.1) is 25.4 Å². The summed E-state index contributed by atoms with van der Waals surface area (Å²) in [6.07, 6.45) is 2.29. The van der Waals surface area contributed by atoms with Gasteiger partial charge in [-0.3, -0.25) is 9.48 Å². The number of para-hydroxylation sites is 1. The number of piperazine rings is 1. The second-order valence-corrected chi connectivity index (χ2v) is 6.75. The van der Waals surface area contributed by atoms with Crippen molar-refractivity contribution in [2.75, 3.05) is 38.2 Å². The van der Waals surface area contributed by atoms with Gasteiger partial charge in [0, 0.05) is 43.7 Å². The van der Waals surface area contributed by atoms with Crippen LogP contribution in [0, 0.1) is 0 Å². The lowest BCUT2D eigenvalue weighted by Gasteiger charge is -2.36. The Balaban J connectivity index is 1.33. The monoisotopic (exact) mass is 364 g/mol. The third-order valence-corrected chi connectivity index (χ3v) is 5.14. The second-order valence-electron chi connectivity index (χ2n) is 6.75. The van der Waals surface area contributed by atoms with E-state index in [9.17, 15) is 4.79 Å². The van der Waals surface area contributed by atoms with E-state index in [1.54, 1.807) is 7.11 Å². The van der Waals surface area contributed by atoms with Gasteiger partial charge in [-0.05, 0) is 30.3 Å². The number of hydrogen-bond acceptors (Lipinski definition) is 4. The molecule has 0 aliphatic carbocycles. The molecule has 6 heteroatoms. The van der Waals surface area contributed by atoms with Crippen LogP contribution >= 0.6 is 0 Å². The lowest BCUT2D eigenvalue weighted by Crippen LogP contribution is -2.48. The Morgan fingerprint density at radius 3 is 2.59 bits per heavy atom. The number of carbonyl (C=O) groups is 1. The minimum Gasteiger partial charge on any atom is -0.497 e. The van der Waals surface area contributed by atoms with E-state index in [2.05, 4.69) is 34.3 Å². The number of amides is 1. The van der Waals surface area contributed by atoms with Crippen LogP contribution in [0.5, 0.6) is 5.75 Å². The predicted molar refractivity (Wildman–Crippen MR) is 106 cm³/mol. The van der Waals surface area contributed by atoms with E-state index in [1.165, 1.54) is 5.69 Å². The van der Waals surface area contributed by atoms with E-state index in [4.69, 9.17) is 4.74 Å². The summed E-state index contributed by atoms with van der Waals surface area (Å²) in [6.45, 7) is 3.88. The molecule has 1 fully saturated rings. The topological polar surface area (TPSA) is 50.6 Å². The first kappa shape index (κ1) is 17.4. The number of anilines is 1. The molecule has 1 saturated heterocycles. The Bertz CT molecular complexity index is 914. The minimum atomic E-state index is 0.194. The zero-order chi connectivity index (χ0) is 18.6. The van der Waals surface area contributed by atoms with Crippen LogP contribution in [0.3, 0.4) is 0 Å². The van der Waals surface area contributed by atoms with Gasteiger partial charge in [0.1, 0.15) is 5.75 Å². The number of carbonyl (C=O) groups excluding carboxylic acids is 1. The molecule has 0 bridgehead atoms. The van der Waals surface area contributed by atoms with Crippen molar-refractivity contribution in [2.45, 2.75) is 13.0 Å². The number of methoxy groups -OCH3 is 1. The van der Waals surface area contributed by atoms with Gasteiger partial charge in [0.2, 0.25) is 5.91 Å². The molecule has 0 atom stereocenters. The lowest BCUT2D eigenvalue weighted by molar-refractivity contribution is -0.131. The van der Waals surface area contributed by atoms with E-state index in [0.29, 0.717) is 13.0 Å². The molecule has 1 aromatic heterocycles. The fourth-order valence-corrected chi connectivity index (χ4v) is 3.58. The van der Waals surface area contributed by atoms with Gasteiger partial charge in [-0.25, -0.2) is 0 Å². The first-order valence-corrected chi connectivity index (χ1v) is 9.32. The van der Waals surface area contributed by atoms with Crippen molar-refractivity contribution in [3.05, 3.63) is 54.7 Å². The van der Waals surface area contributed by atoms with Gasteiger partial charge in [-0.15, -0.1) is 0 Å². The summed E-state index contributed by atoms with van der Waals surface area (Å²) in [7, 11) is 1.65. The van der Waals surface area contributed by atoms with Crippen LogP contribution in [0.1, 0.15) is 6.42 Å².